The average molecular weight is 245 g/mol. The zero-order valence-corrected chi connectivity index (χ0v) is 8.98. The molecule has 0 radical (unpaired) electrons. The summed E-state index contributed by atoms with van der Waals surface area (Å²) < 4.78 is 28.5. The fourth-order valence-electron chi connectivity index (χ4n) is 1.22. The first-order chi connectivity index (χ1) is 7.99. The van der Waals surface area contributed by atoms with Crippen molar-refractivity contribution in [2.24, 2.45) is 5.73 Å². The largest absolute Gasteiger partial charge is 0.488 e. The number of nitrogens with two attached hydrogens (primary N) is 1. The van der Waals surface area contributed by atoms with E-state index in [4.69, 9.17) is 15.6 Å². The van der Waals surface area contributed by atoms with Crippen LogP contribution < -0.4 is 10.5 Å². The molecule has 1 rings (SSSR count). The summed E-state index contributed by atoms with van der Waals surface area (Å²) >= 11 is 0. The van der Waals surface area contributed by atoms with Crippen molar-refractivity contribution in [3.8, 4) is 5.75 Å². The second kappa shape index (κ2) is 6.15. The number of carboxylic acid groups (broad SMARTS) is 1. The molecule has 0 aromatic heterocycles. The molecular weight excluding hydrogens is 232 g/mol. The molecule has 3 N–H and O–H groups in total. The summed E-state index contributed by atoms with van der Waals surface area (Å²) in [6.45, 7) is -0.659. The molecule has 0 bridgehead atoms. The third-order valence-corrected chi connectivity index (χ3v) is 2.07. The summed E-state index contributed by atoms with van der Waals surface area (Å²) in [5.74, 6) is -0.763. The molecule has 0 aliphatic rings. The molecule has 6 heteroatoms. The lowest BCUT2D eigenvalue weighted by Crippen LogP contribution is -2.32. The van der Waals surface area contributed by atoms with Crippen molar-refractivity contribution in [1.82, 2.24) is 0 Å². The Kier molecular flexibility index (Phi) is 4.84. The Hall–Kier alpha value is -1.69. The summed E-state index contributed by atoms with van der Waals surface area (Å²) in [6.07, 6.45) is -2.33. The zero-order chi connectivity index (χ0) is 12.8. The van der Waals surface area contributed by atoms with Crippen LogP contribution in [0.5, 0.6) is 5.75 Å². The van der Waals surface area contributed by atoms with E-state index in [0.717, 1.165) is 0 Å². The van der Waals surface area contributed by atoms with Gasteiger partial charge in [-0.05, 0) is 24.1 Å². The van der Waals surface area contributed by atoms with Crippen molar-refractivity contribution in [3.63, 3.8) is 0 Å². The van der Waals surface area contributed by atoms with Gasteiger partial charge in [-0.1, -0.05) is 12.1 Å². The minimum absolute atomic E-state index is 0.185. The fourth-order valence-corrected chi connectivity index (χ4v) is 1.22. The van der Waals surface area contributed by atoms with Gasteiger partial charge in [0, 0.05) is 0 Å². The van der Waals surface area contributed by atoms with Gasteiger partial charge in [-0.25, -0.2) is 8.78 Å². The first-order valence-electron chi connectivity index (χ1n) is 4.97. The molecule has 1 aromatic rings. The number of hydrogen-bond donors (Lipinski definition) is 2. The number of aliphatic carboxylic acids is 1. The van der Waals surface area contributed by atoms with E-state index in [9.17, 15) is 13.6 Å². The minimum atomic E-state index is -2.52. The highest BCUT2D eigenvalue weighted by molar-refractivity contribution is 5.73. The molecule has 0 amide bonds. The maximum absolute atomic E-state index is 11.9. The van der Waals surface area contributed by atoms with E-state index in [1.54, 1.807) is 12.1 Å². The summed E-state index contributed by atoms with van der Waals surface area (Å²) in [5, 5.41) is 8.61. The molecule has 0 heterocycles. The van der Waals surface area contributed by atoms with Gasteiger partial charge in [0.2, 0.25) is 0 Å². The van der Waals surface area contributed by atoms with E-state index in [2.05, 4.69) is 0 Å². The second-order valence-corrected chi connectivity index (χ2v) is 3.49. The van der Waals surface area contributed by atoms with Crippen molar-refractivity contribution >= 4 is 5.97 Å². The zero-order valence-electron chi connectivity index (χ0n) is 8.98. The highest BCUT2D eigenvalue weighted by Crippen LogP contribution is 2.14. The van der Waals surface area contributed by atoms with Gasteiger partial charge >= 0.3 is 5.97 Å². The van der Waals surface area contributed by atoms with Crippen molar-refractivity contribution in [3.05, 3.63) is 29.8 Å². The molecule has 0 fully saturated rings. The summed E-state index contributed by atoms with van der Waals surface area (Å²) in [5.41, 5.74) is 6.07. The number of halogens is 2. The molecule has 1 unspecified atom stereocenters. The van der Waals surface area contributed by atoms with E-state index in [1.807, 2.05) is 0 Å². The number of benzene rings is 1. The standard InChI is InChI=1S/C11H13F2NO3/c12-10(13)6-17-8-3-1-7(2-4-8)5-9(14)11(15)16/h1-4,9-10H,5-6,14H2,(H,15,16). The van der Waals surface area contributed by atoms with Crippen molar-refractivity contribution in [1.29, 1.82) is 0 Å². The van der Waals surface area contributed by atoms with Gasteiger partial charge in [-0.3, -0.25) is 4.79 Å². The predicted molar refractivity (Wildman–Crippen MR) is 57.3 cm³/mol. The molecule has 1 aromatic carbocycles. The van der Waals surface area contributed by atoms with Crippen LogP contribution >= 0.6 is 0 Å². The van der Waals surface area contributed by atoms with Crippen LogP contribution in [0, 0.1) is 0 Å². The van der Waals surface area contributed by atoms with Gasteiger partial charge in [0.05, 0.1) is 0 Å². The van der Waals surface area contributed by atoms with Crippen molar-refractivity contribution < 1.29 is 23.4 Å². The Morgan fingerprint density at radius 2 is 1.94 bits per heavy atom. The van der Waals surface area contributed by atoms with Crippen LogP contribution in [0.3, 0.4) is 0 Å². The number of carbonyl (C=O) groups is 1. The van der Waals surface area contributed by atoms with Gasteiger partial charge in [-0.15, -0.1) is 0 Å². The highest BCUT2D eigenvalue weighted by atomic mass is 19.3. The molecule has 0 saturated heterocycles. The van der Waals surface area contributed by atoms with E-state index in [-0.39, 0.29) is 6.42 Å². The highest BCUT2D eigenvalue weighted by Gasteiger charge is 2.12. The number of hydrogen-bond acceptors (Lipinski definition) is 3. The van der Waals surface area contributed by atoms with Crippen LogP contribution in [0.2, 0.25) is 0 Å². The SMILES string of the molecule is NC(Cc1ccc(OCC(F)F)cc1)C(=O)O. The Bertz CT molecular complexity index is 367. The molecule has 0 aliphatic carbocycles. The number of rotatable bonds is 6. The number of carboxylic acids is 1. The van der Waals surface area contributed by atoms with Crippen LogP contribution in [-0.2, 0) is 11.2 Å². The van der Waals surface area contributed by atoms with E-state index in [1.165, 1.54) is 12.1 Å². The summed E-state index contributed by atoms with van der Waals surface area (Å²) in [4.78, 5) is 10.5. The predicted octanol–water partition coefficient (Wildman–Crippen LogP) is 1.28. The van der Waals surface area contributed by atoms with Gasteiger partial charge in [0.15, 0.2) is 0 Å². The van der Waals surface area contributed by atoms with Crippen LogP contribution in [0.25, 0.3) is 0 Å². The molecule has 4 nitrogen and oxygen atoms in total. The Labute approximate surface area is 97.0 Å². The third kappa shape index (κ3) is 4.78. The quantitative estimate of drug-likeness (QED) is 0.792. The van der Waals surface area contributed by atoms with Gasteiger partial charge in [0.1, 0.15) is 18.4 Å². The fraction of sp³-hybridized carbons (Fsp3) is 0.364. The third-order valence-electron chi connectivity index (χ3n) is 2.07. The van der Waals surface area contributed by atoms with E-state index in [0.29, 0.717) is 11.3 Å². The molecule has 0 saturated carbocycles. The first kappa shape index (κ1) is 13.4. The van der Waals surface area contributed by atoms with Crippen LogP contribution in [0.4, 0.5) is 8.78 Å². The van der Waals surface area contributed by atoms with E-state index >= 15 is 0 Å². The minimum Gasteiger partial charge on any atom is -0.488 e. The first-order valence-corrected chi connectivity index (χ1v) is 4.97. The maximum Gasteiger partial charge on any atom is 0.320 e. The summed E-state index contributed by atoms with van der Waals surface area (Å²) in [6, 6.07) is 5.24. The number of ether oxygens (including phenoxy) is 1. The maximum atomic E-state index is 11.9. The number of alkyl halides is 2. The molecule has 94 valence electrons. The second-order valence-electron chi connectivity index (χ2n) is 3.49. The van der Waals surface area contributed by atoms with Crippen LogP contribution in [0.1, 0.15) is 5.56 Å². The lowest BCUT2D eigenvalue weighted by Gasteiger charge is -2.08. The lowest BCUT2D eigenvalue weighted by molar-refractivity contribution is -0.138. The van der Waals surface area contributed by atoms with Gasteiger partial charge < -0.3 is 15.6 Å². The Balaban J connectivity index is 2.53. The molecule has 0 aliphatic heterocycles. The van der Waals surface area contributed by atoms with Crippen molar-refractivity contribution in [2.75, 3.05) is 6.61 Å². The Morgan fingerprint density at radius 3 is 2.41 bits per heavy atom. The van der Waals surface area contributed by atoms with Crippen LogP contribution in [0.15, 0.2) is 24.3 Å². The molecular formula is C11H13F2NO3. The topological polar surface area (TPSA) is 72.5 Å². The summed E-state index contributed by atoms with van der Waals surface area (Å²) in [7, 11) is 0. The van der Waals surface area contributed by atoms with E-state index < -0.39 is 25.0 Å². The Morgan fingerprint density at radius 1 is 1.35 bits per heavy atom. The van der Waals surface area contributed by atoms with Crippen LogP contribution in [-0.4, -0.2) is 30.2 Å². The monoisotopic (exact) mass is 245 g/mol. The van der Waals surface area contributed by atoms with Gasteiger partial charge in [0.25, 0.3) is 6.43 Å². The normalized spacial score (nSPS) is 12.5. The lowest BCUT2D eigenvalue weighted by atomic mass is 10.1. The van der Waals surface area contributed by atoms with Crippen molar-refractivity contribution in [2.45, 2.75) is 18.9 Å². The molecule has 17 heavy (non-hydrogen) atoms. The van der Waals surface area contributed by atoms with Gasteiger partial charge in [-0.2, -0.15) is 0 Å². The smallest absolute Gasteiger partial charge is 0.320 e. The average Bonchev–Trinajstić information content (AvgIpc) is 2.28. The molecule has 1 atom stereocenters. The molecule has 0 spiro atoms.